The lowest BCUT2D eigenvalue weighted by atomic mass is 9.93. The first-order chi connectivity index (χ1) is 8.45. The molecule has 96 valence electrons. The third kappa shape index (κ3) is 2.30. The minimum absolute atomic E-state index is 0.244. The third-order valence-electron chi connectivity index (χ3n) is 3.45. The van der Waals surface area contributed by atoms with E-state index in [0.29, 0.717) is 24.3 Å². The molecule has 3 nitrogen and oxygen atoms in total. The molecule has 1 aliphatic rings. The Bertz CT molecular complexity index is 467. The predicted molar refractivity (Wildman–Crippen MR) is 68.6 cm³/mol. The Morgan fingerprint density at radius 1 is 1.22 bits per heavy atom. The number of benzene rings is 1. The van der Waals surface area contributed by atoms with Crippen molar-refractivity contribution in [3.05, 3.63) is 35.4 Å². The summed E-state index contributed by atoms with van der Waals surface area (Å²) in [7, 11) is 0. The summed E-state index contributed by atoms with van der Waals surface area (Å²) >= 11 is 0. The van der Waals surface area contributed by atoms with Crippen molar-refractivity contribution in [2.75, 3.05) is 0 Å². The number of carboxylic acids is 1. The van der Waals surface area contributed by atoms with Crippen LogP contribution in [0.4, 0.5) is 0 Å². The molecule has 0 saturated heterocycles. The summed E-state index contributed by atoms with van der Waals surface area (Å²) < 4.78 is 0. The van der Waals surface area contributed by atoms with Gasteiger partial charge in [0.2, 0.25) is 0 Å². The number of rotatable bonds is 5. The summed E-state index contributed by atoms with van der Waals surface area (Å²) in [5.41, 5.74) is 0.573. The first kappa shape index (κ1) is 12.8. The zero-order valence-corrected chi connectivity index (χ0v) is 10.8. The zero-order valence-electron chi connectivity index (χ0n) is 10.8. The van der Waals surface area contributed by atoms with Crippen LogP contribution < -0.4 is 0 Å². The predicted octanol–water partition coefficient (Wildman–Crippen LogP) is 2.93. The summed E-state index contributed by atoms with van der Waals surface area (Å²) in [6.45, 7) is 4.28. The molecule has 1 fully saturated rings. The molecule has 0 aliphatic heterocycles. The van der Waals surface area contributed by atoms with E-state index in [-0.39, 0.29) is 5.78 Å². The van der Waals surface area contributed by atoms with Crippen molar-refractivity contribution >= 4 is 11.8 Å². The molecule has 1 aromatic carbocycles. The standard InChI is InChI=1S/C15H18O3/c1-10(2)9-11-3-5-12(6-4-11)13(16)15(7-8-15)14(17)18/h3-6,10H,7-9H2,1-2H3,(H,17,18). The molecular formula is C15H18O3. The smallest absolute Gasteiger partial charge is 0.317 e. The minimum atomic E-state index is -1.13. The van der Waals surface area contributed by atoms with E-state index in [1.807, 2.05) is 12.1 Å². The highest BCUT2D eigenvalue weighted by Gasteiger charge is 2.56. The molecule has 2 rings (SSSR count). The Hall–Kier alpha value is -1.64. The molecule has 0 radical (unpaired) electrons. The van der Waals surface area contributed by atoms with E-state index in [2.05, 4.69) is 13.8 Å². The maximum absolute atomic E-state index is 12.1. The van der Waals surface area contributed by atoms with Gasteiger partial charge in [-0.3, -0.25) is 9.59 Å². The van der Waals surface area contributed by atoms with Gasteiger partial charge in [-0.2, -0.15) is 0 Å². The molecule has 3 heteroatoms. The van der Waals surface area contributed by atoms with Crippen molar-refractivity contribution in [1.82, 2.24) is 0 Å². The van der Waals surface area contributed by atoms with Gasteiger partial charge in [0.25, 0.3) is 0 Å². The van der Waals surface area contributed by atoms with Crippen molar-refractivity contribution in [2.24, 2.45) is 11.3 Å². The van der Waals surface area contributed by atoms with Gasteiger partial charge in [0.1, 0.15) is 5.41 Å². The quantitative estimate of drug-likeness (QED) is 0.642. The largest absolute Gasteiger partial charge is 0.480 e. The Morgan fingerprint density at radius 3 is 2.17 bits per heavy atom. The van der Waals surface area contributed by atoms with Crippen LogP contribution in [-0.4, -0.2) is 16.9 Å². The topological polar surface area (TPSA) is 54.4 Å². The highest BCUT2D eigenvalue weighted by molar-refractivity contribution is 6.14. The minimum Gasteiger partial charge on any atom is -0.480 e. The van der Waals surface area contributed by atoms with Crippen LogP contribution in [0.25, 0.3) is 0 Å². The van der Waals surface area contributed by atoms with Crippen molar-refractivity contribution in [2.45, 2.75) is 33.1 Å². The Labute approximate surface area is 107 Å². The van der Waals surface area contributed by atoms with Crippen LogP contribution in [0, 0.1) is 11.3 Å². The van der Waals surface area contributed by atoms with E-state index in [1.165, 1.54) is 5.56 Å². The fourth-order valence-electron chi connectivity index (χ4n) is 2.20. The fraction of sp³-hybridized carbons (Fsp3) is 0.467. The summed E-state index contributed by atoms with van der Waals surface area (Å²) in [5.74, 6) is -0.662. The van der Waals surface area contributed by atoms with Gasteiger partial charge in [-0.1, -0.05) is 38.1 Å². The van der Waals surface area contributed by atoms with Gasteiger partial charge < -0.3 is 5.11 Å². The fourth-order valence-corrected chi connectivity index (χ4v) is 2.20. The maximum atomic E-state index is 12.1. The lowest BCUT2D eigenvalue weighted by Crippen LogP contribution is -2.25. The van der Waals surface area contributed by atoms with Crippen LogP contribution in [-0.2, 0) is 11.2 Å². The SMILES string of the molecule is CC(C)Cc1ccc(C(=O)C2(C(=O)O)CC2)cc1. The van der Waals surface area contributed by atoms with Gasteiger partial charge in [-0.15, -0.1) is 0 Å². The van der Waals surface area contributed by atoms with Crippen LogP contribution in [0.1, 0.15) is 42.6 Å². The summed E-state index contributed by atoms with van der Waals surface area (Å²) in [5, 5.41) is 9.09. The van der Waals surface area contributed by atoms with Crippen molar-refractivity contribution in [1.29, 1.82) is 0 Å². The van der Waals surface area contributed by atoms with E-state index in [1.54, 1.807) is 12.1 Å². The number of hydrogen-bond acceptors (Lipinski definition) is 2. The van der Waals surface area contributed by atoms with E-state index >= 15 is 0 Å². The first-order valence-electron chi connectivity index (χ1n) is 6.33. The van der Waals surface area contributed by atoms with Crippen LogP contribution in [0.2, 0.25) is 0 Å². The molecule has 1 aliphatic carbocycles. The van der Waals surface area contributed by atoms with Crippen LogP contribution in [0.5, 0.6) is 0 Å². The highest BCUT2D eigenvalue weighted by atomic mass is 16.4. The number of ketones is 1. The number of carbonyl (C=O) groups excluding carboxylic acids is 1. The lowest BCUT2D eigenvalue weighted by molar-refractivity contribution is -0.141. The van der Waals surface area contributed by atoms with E-state index in [9.17, 15) is 9.59 Å². The van der Waals surface area contributed by atoms with E-state index in [0.717, 1.165) is 6.42 Å². The van der Waals surface area contributed by atoms with Gasteiger partial charge in [0.05, 0.1) is 0 Å². The van der Waals surface area contributed by atoms with Gasteiger partial charge in [0.15, 0.2) is 5.78 Å². The van der Waals surface area contributed by atoms with Crippen molar-refractivity contribution in [3.63, 3.8) is 0 Å². The Morgan fingerprint density at radius 2 is 1.78 bits per heavy atom. The molecule has 18 heavy (non-hydrogen) atoms. The Kier molecular flexibility index (Phi) is 3.24. The average molecular weight is 246 g/mol. The lowest BCUT2D eigenvalue weighted by Gasteiger charge is -2.10. The molecule has 0 unspecified atom stereocenters. The molecule has 0 bridgehead atoms. The molecule has 0 atom stereocenters. The monoisotopic (exact) mass is 246 g/mol. The van der Waals surface area contributed by atoms with Crippen LogP contribution in [0.15, 0.2) is 24.3 Å². The molecular weight excluding hydrogens is 228 g/mol. The number of carbonyl (C=O) groups is 2. The van der Waals surface area contributed by atoms with Gasteiger partial charge in [-0.05, 0) is 30.7 Å². The highest BCUT2D eigenvalue weighted by Crippen LogP contribution is 2.48. The second kappa shape index (κ2) is 4.56. The molecule has 1 aromatic rings. The van der Waals surface area contributed by atoms with Crippen molar-refractivity contribution < 1.29 is 14.7 Å². The molecule has 0 spiro atoms. The number of carboxylic acid groups (broad SMARTS) is 1. The summed E-state index contributed by atoms with van der Waals surface area (Å²) in [6.07, 6.45) is 1.91. The van der Waals surface area contributed by atoms with Crippen LogP contribution >= 0.6 is 0 Å². The number of hydrogen-bond donors (Lipinski definition) is 1. The molecule has 1 N–H and O–H groups in total. The summed E-state index contributed by atoms with van der Waals surface area (Å²) in [4.78, 5) is 23.2. The average Bonchev–Trinajstić information content (AvgIpc) is 3.09. The Balaban J connectivity index is 2.15. The van der Waals surface area contributed by atoms with Crippen LogP contribution in [0.3, 0.4) is 0 Å². The first-order valence-corrected chi connectivity index (χ1v) is 6.33. The molecule has 0 amide bonds. The number of Topliss-reactive ketones (excluding diaryl/α,β-unsaturated/α-hetero) is 1. The van der Waals surface area contributed by atoms with E-state index < -0.39 is 11.4 Å². The van der Waals surface area contributed by atoms with E-state index in [4.69, 9.17) is 5.11 Å². The zero-order chi connectivity index (χ0) is 13.3. The second-order valence-electron chi connectivity index (χ2n) is 5.51. The van der Waals surface area contributed by atoms with Gasteiger partial charge in [0, 0.05) is 5.56 Å². The summed E-state index contributed by atoms with van der Waals surface area (Å²) in [6, 6.07) is 7.35. The molecule has 1 saturated carbocycles. The molecule has 0 aromatic heterocycles. The normalized spacial score (nSPS) is 16.6. The number of aliphatic carboxylic acids is 1. The van der Waals surface area contributed by atoms with Gasteiger partial charge >= 0.3 is 5.97 Å². The van der Waals surface area contributed by atoms with Crippen molar-refractivity contribution in [3.8, 4) is 0 Å². The third-order valence-corrected chi connectivity index (χ3v) is 3.45. The second-order valence-corrected chi connectivity index (χ2v) is 5.51. The molecule has 0 heterocycles. The maximum Gasteiger partial charge on any atom is 0.317 e. The van der Waals surface area contributed by atoms with Gasteiger partial charge in [-0.25, -0.2) is 0 Å².